The number of benzene rings is 2. The molecule has 0 spiro atoms. The number of piperidine rings is 1. The quantitative estimate of drug-likeness (QED) is 0.906. The second-order valence-electron chi connectivity index (χ2n) is 6.82. The number of carbonyl (C=O) groups excluding carboxylic acids is 2. The number of fused-ring (bicyclic) bond motifs is 2. The van der Waals surface area contributed by atoms with E-state index in [4.69, 9.17) is 4.74 Å². The summed E-state index contributed by atoms with van der Waals surface area (Å²) in [5.41, 5.74) is 1.81. The highest BCUT2D eigenvalue weighted by Gasteiger charge is 2.36. The van der Waals surface area contributed by atoms with Gasteiger partial charge in [-0.25, -0.2) is 0 Å². The van der Waals surface area contributed by atoms with Gasteiger partial charge in [-0.1, -0.05) is 36.4 Å². The topological polar surface area (TPSA) is 58.6 Å². The molecular formula is C21H22N2O3. The Balaban J connectivity index is 1.62. The molecule has 0 aromatic heterocycles. The Morgan fingerprint density at radius 2 is 1.50 bits per heavy atom. The molecule has 0 unspecified atom stereocenters. The van der Waals surface area contributed by atoms with Crippen molar-refractivity contribution in [2.24, 2.45) is 5.92 Å². The highest BCUT2D eigenvalue weighted by Crippen LogP contribution is 2.44. The molecule has 2 amide bonds. The Bertz CT molecular complexity index is 795. The molecule has 2 aromatic carbocycles. The fraction of sp³-hybridized carbons (Fsp3) is 0.333. The Morgan fingerprint density at radius 3 is 2.04 bits per heavy atom. The van der Waals surface area contributed by atoms with Gasteiger partial charge in [0, 0.05) is 37.2 Å². The van der Waals surface area contributed by atoms with Crippen molar-refractivity contribution >= 4 is 11.8 Å². The standard InChI is InChI=1S/C21H22N2O3/c1-22-20(24)14-10-12-23(13-11-14)21(25)19-15-6-2-4-8-17(15)26-18-9-5-3-7-16(18)19/h2-9,14,19H,10-13H2,1H3,(H,22,24). The molecule has 1 N–H and O–H groups in total. The highest BCUT2D eigenvalue weighted by molar-refractivity contribution is 5.90. The van der Waals surface area contributed by atoms with Crippen LogP contribution >= 0.6 is 0 Å². The third kappa shape index (κ3) is 2.83. The Morgan fingerprint density at radius 1 is 0.962 bits per heavy atom. The average molecular weight is 350 g/mol. The third-order valence-electron chi connectivity index (χ3n) is 5.35. The van der Waals surface area contributed by atoms with E-state index in [1.807, 2.05) is 53.4 Å². The number of ether oxygens (including phenoxy) is 1. The zero-order valence-electron chi connectivity index (χ0n) is 14.8. The number of amides is 2. The number of nitrogens with one attached hydrogen (secondary N) is 1. The van der Waals surface area contributed by atoms with Crippen LogP contribution in [0.2, 0.25) is 0 Å². The summed E-state index contributed by atoms with van der Waals surface area (Å²) in [4.78, 5) is 27.1. The third-order valence-corrected chi connectivity index (χ3v) is 5.35. The van der Waals surface area contributed by atoms with Crippen molar-refractivity contribution in [1.82, 2.24) is 10.2 Å². The van der Waals surface area contributed by atoms with E-state index in [0.717, 1.165) is 22.6 Å². The van der Waals surface area contributed by atoms with E-state index in [2.05, 4.69) is 5.32 Å². The molecule has 2 aliphatic rings. The molecule has 5 nitrogen and oxygen atoms in total. The second-order valence-corrected chi connectivity index (χ2v) is 6.82. The number of nitrogens with zero attached hydrogens (tertiary/aromatic N) is 1. The fourth-order valence-electron chi connectivity index (χ4n) is 3.92. The van der Waals surface area contributed by atoms with Gasteiger partial charge in [-0.15, -0.1) is 0 Å². The first-order valence-electron chi connectivity index (χ1n) is 9.05. The number of hydrogen-bond donors (Lipinski definition) is 1. The Hall–Kier alpha value is -2.82. The predicted octanol–water partition coefficient (Wildman–Crippen LogP) is 2.91. The van der Waals surface area contributed by atoms with Gasteiger partial charge in [-0.05, 0) is 25.0 Å². The molecule has 2 aromatic rings. The lowest BCUT2D eigenvalue weighted by Crippen LogP contribution is -2.44. The first kappa shape index (κ1) is 16.6. The van der Waals surface area contributed by atoms with Crippen LogP contribution in [0.4, 0.5) is 0 Å². The van der Waals surface area contributed by atoms with Crippen LogP contribution < -0.4 is 10.1 Å². The van der Waals surface area contributed by atoms with Crippen molar-refractivity contribution in [1.29, 1.82) is 0 Å². The zero-order chi connectivity index (χ0) is 18.1. The van der Waals surface area contributed by atoms with E-state index in [0.29, 0.717) is 25.9 Å². The molecule has 2 aliphatic heterocycles. The summed E-state index contributed by atoms with van der Waals surface area (Å²) in [6.07, 6.45) is 1.41. The number of carbonyl (C=O) groups is 2. The molecule has 0 saturated carbocycles. The maximum Gasteiger partial charge on any atom is 0.234 e. The van der Waals surface area contributed by atoms with Crippen LogP contribution in [0.25, 0.3) is 0 Å². The lowest BCUT2D eigenvalue weighted by molar-refractivity contribution is -0.136. The molecule has 5 heteroatoms. The lowest BCUT2D eigenvalue weighted by Gasteiger charge is -2.35. The minimum atomic E-state index is -0.354. The summed E-state index contributed by atoms with van der Waals surface area (Å²) >= 11 is 0. The first-order valence-corrected chi connectivity index (χ1v) is 9.05. The van der Waals surface area contributed by atoms with Crippen LogP contribution in [0.3, 0.4) is 0 Å². The average Bonchev–Trinajstić information content (AvgIpc) is 2.71. The molecule has 1 fully saturated rings. The number of hydrogen-bond acceptors (Lipinski definition) is 3. The minimum Gasteiger partial charge on any atom is -0.457 e. The van der Waals surface area contributed by atoms with Gasteiger partial charge in [-0.2, -0.15) is 0 Å². The summed E-state index contributed by atoms with van der Waals surface area (Å²) in [7, 11) is 1.66. The van der Waals surface area contributed by atoms with E-state index < -0.39 is 0 Å². The predicted molar refractivity (Wildman–Crippen MR) is 98.2 cm³/mol. The summed E-state index contributed by atoms with van der Waals surface area (Å²) in [6.45, 7) is 1.22. The molecule has 2 heterocycles. The lowest BCUT2D eigenvalue weighted by atomic mass is 9.86. The van der Waals surface area contributed by atoms with Crippen molar-refractivity contribution in [3.63, 3.8) is 0 Å². The molecule has 0 bridgehead atoms. The molecule has 4 rings (SSSR count). The summed E-state index contributed by atoms with van der Waals surface area (Å²) < 4.78 is 5.98. The largest absolute Gasteiger partial charge is 0.457 e. The SMILES string of the molecule is CNC(=O)C1CCN(C(=O)C2c3ccccc3Oc3ccccc32)CC1. The molecule has 1 saturated heterocycles. The Labute approximate surface area is 153 Å². The van der Waals surface area contributed by atoms with E-state index >= 15 is 0 Å². The van der Waals surface area contributed by atoms with Gasteiger partial charge < -0.3 is 15.0 Å². The van der Waals surface area contributed by atoms with Crippen molar-refractivity contribution < 1.29 is 14.3 Å². The van der Waals surface area contributed by atoms with Crippen LogP contribution in [-0.4, -0.2) is 36.9 Å². The monoisotopic (exact) mass is 350 g/mol. The molecular weight excluding hydrogens is 328 g/mol. The van der Waals surface area contributed by atoms with Gasteiger partial charge in [0.25, 0.3) is 0 Å². The van der Waals surface area contributed by atoms with Crippen LogP contribution in [0, 0.1) is 5.92 Å². The van der Waals surface area contributed by atoms with Crippen molar-refractivity contribution in [2.45, 2.75) is 18.8 Å². The van der Waals surface area contributed by atoms with Crippen molar-refractivity contribution in [2.75, 3.05) is 20.1 Å². The van der Waals surface area contributed by atoms with Gasteiger partial charge in [0.2, 0.25) is 11.8 Å². The van der Waals surface area contributed by atoms with Gasteiger partial charge >= 0.3 is 0 Å². The van der Waals surface area contributed by atoms with Gasteiger partial charge in [0.1, 0.15) is 11.5 Å². The van der Waals surface area contributed by atoms with Crippen molar-refractivity contribution in [3.05, 3.63) is 59.7 Å². The van der Waals surface area contributed by atoms with E-state index in [1.165, 1.54) is 0 Å². The normalized spacial score (nSPS) is 17.0. The first-order chi connectivity index (χ1) is 12.7. The smallest absolute Gasteiger partial charge is 0.234 e. The maximum atomic E-state index is 13.4. The van der Waals surface area contributed by atoms with E-state index in [9.17, 15) is 9.59 Å². The molecule has 134 valence electrons. The molecule has 0 aliphatic carbocycles. The fourth-order valence-corrected chi connectivity index (χ4v) is 3.92. The Kier molecular flexibility index (Phi) is 4.37. The van der Waals surface area contributed by atoms with Crippen molar-refractivity contribution in [3.8, 4) is 11.5 Å². The summed E-state index contributed by atoms with van der Waals surface area (Å²) in [6, 6.07) is 15.5. The summed E-state index contributed by atoms with van der Waals surface area (Å²) in [5.74, 6) is 1.28. The van der Waals surface area contributed by atoms with E-state index in [-0.39, 0.29) is 23.7 Å². The second kappa shape index (κ2) is 6.83. The molecule has 0 atom stereocenters. The van der Waals surface area contributed by atoms with Gasteiger partial charge in [0.15, 0.2) is 0 Å². The highest BCUT2D eigenvalue weighted by atomic mass is 16.5. The summed E-state index contributed by atoms with van der Waals surface area (Å²) in [5, 5.41) is 2.71. The number of likely N-dealkylation sites (tertiary alicyclic amines) is 1. The van der Waals surface area contributed by atoms with Crippen LogP contribution in [0.15, 0.2) is 48.5 Å². The minimum absolute atomic E-state index is 0.00156. The van der Waals surface area contributed by atoms with Gasteiger partial charge in [-0.3, -0.25) is 9.59 Å². The zero-order valence-corrected chi connectivity index (χ0v) is 14.8. The van der Waals surface area contributed by atoms with Crippen LogP contribution in [0.1, 0.15) is 29.9 Å². The van der Waals surface area contributed by atoms with Crippen LogP contribution in [-0.2, 0) is 9.59 Å². The van der Waals surface area contributed by atoms with Gasteiger partial charge in [0.05, 0.1) is 5.92 Å². The van der Waals surface area contributed by atoms with Crippen LogP contribution in [0.5, 0.6) is 11.5 Å². The number of rotatable bonds is 2. The number of para-hydroxylation sites is 2. The molecule has 26 heavy (non-hydrogen) atoms. The van der Waals surface area contributed by atoms with E-state index in [1.54, 1.807) is 7.05 Å². The molecule has 0 radical (unpaired) electrons. The maximum absolute atomic E-state index is 13.4.